The Hall–Kier alpha value is -3.35. The number of anilines is 2. The van der Waals surface area contributed by atoms with Crippen LogP contribution in [0.3, 0.4) is 0 Å². The molecule has 39 heavy (non-hydrogen) atoms. The van der Waals surface area contributed by atoms with Gasteiger partial charge in [0.2, 0.25) is 5.95 Å². The van der Waals surface area contributed by atoms with E-state index in [0.717, 1.165) is 0 Å². The van der Waals surface area contributed by atoms with Crippen molar-refractivity contribution in [2.24, 2.45) is 0 Å². The fourth-order valence-electron chi connectivity index (χ4n) is 4.68. The van der Waals surface area contributed by atoms with Crippen LogP contribution in [0.1, 0.15) is 25.3 Å². The Kier molecular flexibility index (Phi) is 6.64. The first-order valence-electron chi connectivity index (χ1n) is 11.9. The van der Waals surface area contributed by atoms with Gasteiger partial charge in [-0.1, -0.05) is 0 Å². The minimum absolute atomic E-state index is 0.0409. The quantitative estimate of drug-likeness (QED) is 0.165. The summed E-state index contributed by atoms with van der Waals surface area (Å²) in [6.45, 7) is -0.928. The molecule has 0 aromatic carbocycles. The molecule has 0 radical (unpaired) electrons. The van der Waals surface area contributed by atoms with Crippen LogP contribution in [0.25, 0.3) is 22.3 Å². The van der Waals surface area contributed by atoms with Gasteiger partial charge in [-0.3, -0.25) is 18.2 Å². The van der Waals surface area contributed by atoms with Gasteiger partial charge in [-0.15, -0.1) is 0 Å². The number of rotatable bonds is 8. The molecule has 208 valence electrons. The maximum Gasteiger partial charge on any atom is 0.472 e. The molecule has 0 amide bonds. The minimum Gasteiger partial charge on any atom is -0.394 e. The number of nitrogens with two attached hydrogens (primary N) is 2. The van der Waals surface area contributed by atoms with Crippen molar-refractivity contribution in [1.82, 2.24) is 39.0 Å². The lowest BCUT2D eigenvalue weighted by atomic mass is 10.2. The summed E-state index contributed by atoms with van der Waals surface area (Å²) in [5.74, 6) is 0.243. The fourth-order valence-corrected chi connectivity index (χ4v) is 5.64. The van der Waals surface area contributed by atoms with Gasteiger partial charge in [0.15, 0.2) is 17.1 Å². The van der Waals surface area contributed by atoms with Gasteiger partial charge in [-0.25, -0.2) is 29.5 Å². The van der Waals surface area contributed by atoms with Crippen LogP contribution in [0, 0.1) is 0 Å². The van der Waals surface area contributed by atoms with Crippen LogP contribution in [0.15, 0.2) is 25.2 Å². The second-order valence-electron chi connectivity index (χ2n) is 9.06. The van der Waals surface area contributed by atoms with Crippen LogP contribution in [0.5, 0.6) is 0 Å². The first kappa shape index (κ1) is 25.9. The van der Waals surface area contributed by atoms with Crippen molar-refractivity contribution in [3.63, 3.8) is 0 Å². The Morgan fingerprint density at radius 1 is 1.03 bits per heavy atom. The number of ether oxygens (including phenoxy) is 2. The molecule has 7 N–H and O–H groups in total. The van der Waals surface area contributed by atoms with Gasteiger partial charge in [-0.05, 0) is 0 Å². The predicted octanol–water partition coefficient (Wildman–Crippen LogP) is -0.739. The highest BCUT2D eigenvalue weighted by atomic mass is 31.2. The molecule has 0 aliphatic carbocycles. The van der Waals surface area contributed by atoms with E-state index in [1.165, 1.54) is 25.2 Å². The number of phosphoric acid groups is 1. The summed E-state index contributed by atoms with van der Waals surface area (Å²) in [5.41, 5.74) is 13.2. The summed E-state index contributed by atoms with van der Waals surface area (Å²) in [6, 6.07) is 0. The van der Waals surface area contributed by atoms with E-state index in [2.05, 4.69) is 29.9 Å². The number of aromatic nitrogens is 8. The van der Waals surface area contributed by atoms with Crippen LogP contribution >= 0.6 is 7.82 Å². The number of aliphatic hydroxyl groups is 2. The Balaban J connectivity index is 1.09. The molecular formula is C20H25N10O8P. The van der Waals surface area contributed by atoms with Crippen LogP contribution in [0.2, 0.25) is 0 Å². The summed E-state index contributed by atoms with van der Waals surface area (Å²) in [6.07, 6.45) is 0.631. The number of nitrogen functional groups attached to an aromatic ring is 2. The molecule has 4 aromatic heterocycles. The molecule has 19 heteroatoms. The minimum atomic E-state index is -4.66. The number of phosphoric ester groups is 1. The lowest BCUT2D eigenvalue weighted by Crippen LogP contribution is -2.29. The molecule has 6 heterocycles. The van der Waals surface area contributed by atoms with E-state index in [1.807, 2.05) is 0 Å². The van der Waals surface area contributed by atoms with E-state index in [9.17, 15) is 19.7 Å². The first-order valence-corrected chi connectivity index (χ1v) is 13.4. The van der Waals surface area contributed by atoms with Crippen molar-refractivity contribution in [1.29, 1.82) is 0 Å². The Morgan fingerprint density at radius 3 is 2.59 bits per heavy atom. The number of aliphatic hydroxyl groups excluding tert-OH is 2. The van der Waals surface area contributed by atoms with Crippen LogP contribution in [-0.4, -0.2) is 91.8 Å². The van der Waals surface area contributed by atoms with Gasteiger partial charge >= 0.3 is 7.82 Å². The Bertz CT molecular complexity index is 1550. The highest BCUT2D eigenvalue weighted by Gasteiger charge is 2.43. The lowest BCUT2D eigenvalue weighted by Gasteiger charge is -2.21. The van der Waals surface area contributed by atoms with Gasteiger partial charge in [0, 0.05) is 12.8 Å². The number of hydrogen-bond acceptors (Lipinski definition) is 15. The topological polar surface area (TPSA) is 254 Å². The second kappa shape index (κ2) is 10.00. The molecule has 18 nitrogen and oxygen atoms in total. The van der Waals surface area contributed by atoms with E-state index in [0.29, 0.717) is 22.3 Å². The molecule has 1 unspecified atom stereocenters. The largest absolute Gasteiger partial charge is 0.472 e. The zero-order valence-corrected chi connectivity index (χ0v) is 21.1. The van der Waals surface area contributed by atoms with Crippen LogP contribution < -0.4 is 11.5 Å². The monoisotopic (exact) mass is 564 g/mol. The zero-order valence-electron chi connectivity index (χ0n) is 20.2. The third-order valence-electron chi connectivity index (χ3n) is 6.58. The molecule has 7 atom stereocenters. The molecule has 2 aliphatic rings. The van der Waals surface area contributed by atoms with Gasteiger partial charge < -0.3 is 36.0 Å². The fraction of sp³-hybridized carbons (Fsp3) is 0.500. The predicted molar refractivity (Wildman–Crippen MR) is 130 cm³/mol. The summed E-state index contributed by atoms with van der Waals surface area (Å²) in [4.78, 5) is 34.9. The van der Waals surface area contributed by atoms with Crippen molar-refractivity contribution < 1.29 is 38.2 Å². The molecule has 0 saturated carbocycles. The normalized spacial score (nSPS) is 28.9. The van der Waals surface area contributed by atoms with Crippen LogP contribution in [0.4, 0.5) is 11.8 Å². The van der Waals surface area contributed by atoms with Crippen molar-refractivity contribution in [3.05, 3.63) is 25.2 Å². The van der Waals surface area contributed by atoms with Gasteiger partial charge in [-0.2, -0.15) is 4.98 Å². The number of nitrogens with zero attached hydrogens (tertiary/aromatic N) is 8. The lowest BCUT2D eigenvalue weighted by molar-refractivity contribution is -0.0554. The summed E-state index contributed by atoms with van der Waals surface area (Å²) in [7, 11) is -4.66. The molecule has 0 bridgehead atoms. The standard InChI is InChI=1S/C20H25N10O8P/c21-17-16-19(25-6-24-17)30(8-27-16)14-1-10(32)13(37-14)5-35-39(33,34)38-11-2-15(36-12(11)4-31)29-7-26-9-3-23-20(22)28-18(9)29/h3,6-8,10-15,31-32H,1-2,4-5H2,(H,33,34)(H2,21,24,25)(H2,22,23,28)/t10-,11-,12+,13+,14+,15+/m0/s1. The van der Waals surface area contributed by atoms with Crippen molar-refractivity contribution >= 4 is 41.9 Å². The number of imidazole rings is 2. The summed E-state index contributed by atoms with van der Waals surface area (Å²) >= 11 is 0. The third-order valence-corrected chi connectivity index (χ3v) is 7.59. The van der Waals surface area contributed by atoms with E-state index < -0.39 is 57.9 Å². The molecule has 0 spiro atoms. The maximum absolute atomic E-state index is 12.8. The second-order valence-corrected chi connectivity index (χ2v) is 10.5. The van der Waals surface area contributed by atoms with E-state index in [4.69, 9.17) is 30.0 Å². The molecule has 2 fully saturated rings. The molecule has 2 aliphatic heterocycles. The van der Waals surface area contributed by atoms with Crippen molar-refractivity contribution in [2.75, 3.05) is 24.7 Å². The van der Waals surface area contributed by atoms with E-state index in [1.54, 1.807) is 9.13 Å². The van der Waals surface area contributed by atoms with Crippen LogP contribution in [-0.2, 0) is 23.1 Å². The molecule has 4 aromatic rings. The summed E-state index contributed by atoms with van der Waals surface area (Å²) < 4.78 is 38.2. The summed E-state index contributed by atoms with van der Waals surface area (Å²) in [5, 5.41) is 20.3. The first-order chi connectivity index (χ1) is 18.7. The van der Waals surface area contributed by atoms with Crippen molar-refractivity contribution in [2.45, 2.75) is 49.7 Å². The number of fused-ring (bicyclic) bond motifs is 2. The molecule has 2 saturated heterocycles. The molecule has 6 rings (SSSR count). The maximum atomic E-state index is 12.8. The van der Waals surface area contributed by atoms with Gasteiger partial charge in [0.05, 0.1) is 38.2 Å². The van der Waals surface area contributed by atoms with E-state index in [-0.39, 0.29) is 24.6 Å². The Labute approximate surface area is 219 Å². The SMILES string of the molecule is Nc1ncc2ncn([C@H]3C[C@H](OP(=O)(O)OC[C@H]4O[C@@H](n5cnc6c(N)ncnc65)C[C@@H]4O)[C@@H](CO)O3)c2n1. The molecular weight excluding hydrogens is 539 g/mol. The third kappa shape index (κ3) is 4.92. The van der Waals surface area contributed by atoms with Gasteiger partial charge in [0.1, 0.15) is 48.1 Å². The number of hydrogen-bond donors (Lipinski definition) is 5. The average Bonchev–Trinajstić information content (AvgIpc) is 3.67. The smallest absolute Gasteiger partial charge is 0.394 e. The highest BCUT2D eigenvalue weighted by Crippen LogP contribution is 2.49. The van der Waals surface area contributed by atoms with Gasteiger partial charge in [0.25, 0.3) is 0 Å². The van der Waals surface area contributed by atoms with Crippen molar-refractivity contribution in [3.8, 4) is 0 Å². The zero-order chi connectivity index (χ0) is 27.3. The highest BCUT2D eigenvalue weighted by molar-refractivity contribution is 7.47. The Morgan fingerprint density at radius 2 is 1.77 bits per heavy atom. The van der Waals surface area contributed by atoms with E-state index >= 15 is 0 Å². The average molecular weight is 564 g/mol.